The van der Waals surface area contributed by atoms with E-state index in [1.54, 1.807) is 0 Å². The van der Waals surface area contributed by atoms with Crippen LogP contribution in [0.1, 0.15) is 33.1 Å². The molecule has 0 saturated carbocycles. The van der Waals surface area contributed by atoms with E-state index in [4.69, 9.17) is 5.73 Å². The van der Waals surface area contributed by atoms with Gasteiger partial charge in [-0.25, -0.2) is 0 Å². The lowest BCUT2D eigenvalue weighted by Crippen LogP contribution is -2.43. The Morgan fingerprint density at radius 1 is 1.33 bits per heavy atom. The average Bonchev–Trinajstić information content (AvgIpc) is 2.95. The van der Waals surface area contributed by atoms with Gasteiger partial charge in [-0.2, -0.15) is 0 Å². The maximum absolute atomic E-state index is 12.5. The summed E-state index contributed by atoms with van der Waals surface area (Å²) in [6, 6.07) is 0.302. The van der Waals surface area contributed by atoms with Crippen molar-refractivity contribution >= 4 is 5.91 Å². The zero-order chi connectivity index (χ0) is 13.1. The fourth-order valence-corrected chi connectivity index (χ4v) is 3.32. The summed E-state index contributed by atoms with van der Waals surface area (Å²) < 4.78 is 0. The summed E-state index contributed by atoms with van der Waals surface area (Å²) in [7, 11) is 0. The van der Waals surface area contributed by atoms with Crippen LogP contribution >= 0.6 is 0 Å². The number of hydrogen-bond donors (Lipinski definition) is 1. The third-order valence-electron chi connectivity index (χ3n) is 4.18. The van der Waals surface area contributed by atoms with Crippen molar-refractivity contribution < 1.29 is 4.79 Å². The van der Waals surface area contributed by atoms with Gasteiger partial charge in [0.25, 0.3) is 0 Å². The molecule has 0 aliphatic carbocycles. The van der Waals surface area contributed by atoms with Crippen LogP contribution < -0.4 is 5.73 Å². The number of carbonyl (C=O) groups is 1. The molecule has 2 aliphatic heterocycles. The van der Waals surface area contributed by atoms with Crippen LogP contribution in [0.25, 0.3) is 0 Å². The highest BCUT2D eigenvalue weighted by molar-refractivity contribution is 5.80. The van der Waals surface area contributed by atoms with E-state index in [1.165, 1.54) is 0 Å². The number of likely N-dealkylation sites (tertiary alicyclic amines) is 2. The van der Waals surface area contributed by atoms with Gasteiger partial charge in [0.05, 0.1) is 5.92 Å². The molecule has 0 radical (unpaired) electrons. The van der Waals surface area contributed by atoms with Crippen molar-refractivity contribution in [2.24, 2.45) is 17.6 Å². The Balaban J connectivity index is 1.87. The number of carbonyl (C=O) groups excluding carboxylic acids is 1. The van der Waals surface area contributed by atoms with Crippen LogP contribution in [-0.4, -0.2) is 54.5 Å². The summed E-state index contributed by atoms with van der Waals surface area (Å²) in [5.41, 5.74) is 5.75. The molecule has 4 heteroatoms. The zero-order valence-electron chi connectivity index (χ0n) is 11.8. The van der Waals surface area contributed by atoms with Crippen molar-refractivity contribution in [2.75, 3.05) is 32.7 Å². The zero-order valence-corrected chi connectivity index (χ0v) is 11.8. The smallest absolute Gasteiger partial charge is 0.227 e. The number of rotatable bonds is 4. The first-order valence-corrected chi connectivity index (χ1v) is 7.34. The molecule has 4 nitrogen and oxygen atoms in total. The minimum atomic E-state index is 0.218. The lowest BCUT2D eigenvalue weighted by Gasteiger charge is -2.26. The van der Waals surface area contributed by atoms with Gasteiger partial charge < -0.3 is 15.5 Å². The van der Waals surface area contributed by atoms with E-state index < -0.39 is 0 Å². The highest BCUT2D eigenvalue weighted by Crippen LogP contribution is 2.24. The first-order valence-electron chi connectivity index (χ1n) is 7.34. The van der Waals surface area contributed by atoms with E-state index in [9.17, 15) is 4.79 Å². The second-order valence-corrected chi connectivity index (χ2v) is 6.20. The summed E-state index contributed by atoms with van der Waals surface area (Å²) in [6.45, 7) is 9.15. The molecule has 0 bridgehead atoms. The molecule has 0 aromatic carbocycles. The van der Waals surface area contributed by atoms with Gasteiger partial charge in [-0.05, 0) is 31.7 Å². The lowest BCUT2D eigenvalue weighted by molar-refractivity contribution is -0.135. The van der Waals surface area contributed by atoms with Crippen molar-refractivity contribution in [3.63, 3.8) is 0 Å². The van der Waals surface area contributed by atoms with E-state index in [0.29, 0.717) is 24.4 Å². The Morgan fingerprint density at radius 3 is 2.78 bits per heavy atom. The van der Waals surface area contributed by atoms with Crippen molar-refractivity contribution in [2.45, 2.75) is 39.2 Å². The number of nitrogens with two attached hydrogens (primary N) is 1. The molecular weight excluding hydrogens is 226 g/mol. The Morgan fingerprint density at radius 2 is 2.11 bits per heavy atom. The van der Waals surface area contributed by atoms with E-state index in [2.05, 4.69) is 18.7 Å². The largest absolute Gasteiger partial charge is 0.338 e. The van der Waals surface area contributed by atoms with Crippen LogP contribution in [0.5, 0.6) is 0 Å². The van der Waals surface area contributed by atoms with Gasteiger partial charge in [-0.15, -0.1) is 0 Å². The first-order chi connectivity index (χ1) is 8.61. The maximum Gasteiger partial charge on any atom is 0.227 e. The molecular formula is C14H27N3O. The topological polar surface area (TPSA) is 49.6 Å². The Kier molecular flexibility index (Phi) is 4.62. The third-order valence-corrected chi connectivity index (χ3v) is 4.18. The van der Waals surface area contributed by atoms with Crippen molar-refractivity contribution in [3.8, 4) is 0 Å². The average molecular weight is 253 g/mol. The van der Waals surface area contributed by atoms with Gasteiger partial charge in [0.15, 0.2) is 0 Å². The maximum atomic E-state index is 12.5. The predicted molar refractivity (Wildman–Crippen MR) is 73.2 cm³/mol. The highest BCUT2D eigenvalue weighted by Gasteiger charge is 2.35. The summed E-state index contributed by atoms with van der Waals surface area (Å²) in [6.07, 6.45) is 3.24. The first kappa shape index (κ1) is 13.8. The highest BCUT2D eigenvalue weighted by atomic mass is 16.2. The molecule has 2 saturated heterocycles. The molecule has 2 heterocycles. The van der Waals surface area contributed by atoms with Crippen LogP contribution in [-0.2, 0) is 4.79 Å². The molecule has 0 unspecified atom stereocenters. The summed E-state index contributed by atoms with van der Waals surface area (Å²) in [5.74, 6) is 1.26. The second kappa shape index (κ2) is 6.02. The van der Waals surface area contributed by atoms with E-state index in [-0.39, 0.29) is 5.92 Å². The van der Waals surface area contributed by atoms with Crippen LogP contribution in [0.2, 0.25) is 0 Å². The van der Waals surface area contributed by atoms with Gasteiger partial charge in [-0.1, -0.05) is 13.8 Å². The number of amides is 1. The predicted octanol–water partition coefficient (Wildman–Crippen LogP) is 0.914. The van der Waals surface area contributed by atoms with E-state index >= 15 is 0 Å². The molecule has 0 spiro atoms. The third kappa shape index (κ3) is 3.04. The molecule has 2 aliphatic rings. The second-order valence-electron chi connectivity index (χ2n) is 6.20. The van der Waals surface area contributed by atoms with Gasteiger partial charge in [0, 0.05) is 32.2 Å². The van der Waals surface area contributed by atoms with Crippen molar-refractivity contribution in [1.82, 2.24) is 9.80 Å². The molecule has 18 heavy (non-hydrogen) atoms. The quantitative estimate of drug-likeness (QED) is 0.810. The van der Waals surface area contributed by atoms with Gasteiger partial charge >= 0.3 is 0 Å². The van der Waals surface area contributed by atoms with Crippen molar-refractivity contribution in [1.29, 1.82) is 0 Å². The van der Waals surface area contributed by atoms with Gasteiger partial charge in [0.1, 0.15) is 0 Å². The SMILES string of the molecule is CC(C)CN1CC[C@@H](C(=O)N2CCC[C@@H]2CN)C1. The normalized spacial score (nSPS) is 29.4. The molecule has 0 aromatic rings. The molecule has 2 rings (SSSR count). The number of hydrogen-bond acceptors (Lipinski definition) is 3. The Bertz CT molecular complexity index is 293. The molecule has 2 atom stereocenters. The fourth-order valence-electron chi connectivity index (χ4n) is 3.32. The fraction of sp³-hybridized carbons (Fsp3) is 0.929. The molecule has 1 amide bonds. The Hall–Kier alpha value is -0.610. The molecule has 2 N–H and O–H groups in total. The molecule has 104 valence electrons. The minimum absolute atomic E-state index is 0.218. The van der Waals surface area contributed by atoms with Crippen LogP contribution in [0.15, 0.2) is 0 Å². The summed E-state index contributed by atoms with van der Waals surface area (Å²) in [4.78, 5) is 17.0. The van der Waals surface area contributed by atoms with Crippen molar-refractivity contribution in [3.05, 3.63) is 0 Å². The molecule has 2 fully saturated rings. The summed E-state index contributed by atoms with van der Waals surface area (Å²) >= 11 is 0. The van der Waals surface area contributed by atoms with E-state index in [1.807, 2.05) is 4.90 Å². The monoisotopic (exact) mass is 253 g/mol. The van der Waals surface area contributed by atoms with E-state index in [0.717, 1.165) is 45.4 Å². The standard InChI is InChI=1S/C14H27N3O/c1-11(2)9-16-7-5-12(10-16)14(18)17-6-3-4-13(17)8-15/h11-13H,3-10,15H2,1-2H3/t12-,13-/m1/s1. The summed E-state index contributed by atoms with van der Waals surface area (Å²) in [5, 5.41) is 0. The van der Waals surface area contributed by atoms with Gasteiger partial charge in [-0.3, -0.25) is 4.79 Å². The Labute approximate surface area is 110 Å². The van der Waals surface area contributed by atoms with Crippen LogP contribution in [0.3, 0.4) is 0 Å². The van der Waals surface area contributed by atoms with Gasteiger partial charge in [0.2, 0.25) is 5.91 Å². The van der Waals surface area contributed by atoms with Crippen LogP contribution in [0.4, 0.5) is 0 Å². The lowest BCUT2D eigenvalue weighted by atomic mass is 10.1. The molecule has 0 aromatic heterocycles. The minimum Gasteiger partial charge on any atom is -0.338 e. The van der Waals surface area contributed by atoms with Crippen LogP contribution in [0, 0.1) is 11.8 Å². The number of nitrogens with zero attached hydrogens (tertiary/aromatic N) is 2.